The summed E-state index contributed by atoms with van der Waals surface area (Å²) >= 11 is 0. The molecule has 0 aliphatic carbocycles. The lowest BCUT2D eigenvalue weighted by molar-refractivity contribution is 0.491. The van der Waals surface area contributed by atoms with Crippen molar-refractivity contribution in [3.63, 3.8) is 0 Å². The molecule has 0 aromatic rings. The summed E-state index contributed by atoms with van der Waals surface area (Å²) in [6.07, 6.45) is 8.61. The van der Waals surface area contributed by atoms with Crippen molar-refractivity contribution in [3.05, 3.63) is 12.7 Å². The Hall–Kier alpha value is -0.350. The highest BCUT2D eigenvalue weighted by molar-refractivity contribution is 7.90. The molecule has 0 rings (SSSR count). The second-order valence-electron chi connectivity index (χ2n) is 4.27. The molecule has 3 nitrogen and oxygen atoms in total. The van der Waals surface area contributed by atoms with Crippen LogP contribution < -0.4 is 5.32 Å². The van der Waals surface area contributed by atoms with E-state index in [9.17, 15) is 8.42 Å². The first-order chi connectivity index (χ1) is 7.49. The molecule has 4 heteroatoms. The lowest BCUT2D eigenvalue weighted by atomic mass is 10.1. The molecule has 0 fully saturated rings. The Bertz CT molecular complexity index is 273. The average molecular weight is 247 g/mol. The number of hydrogen-bond donors (Lipinski definition) is 1. The first-order valence-electron chi connectivity index (χ1n) is 6.01. The largest absolute Gasteiger partial charge is 0.313 e. The second kappa shape index (κ2) is 8.76. The number of hydrogen-bond acceptors (Lipinski definition) is 3. The van der Waals surface area contributed by atoms with E-state index in [-0.39, 0.29) is 11.8 Å². The summed E-state index contributed by atoms with van der Waals surface area (Å²) < 4.78 is 22.4. The number of unbranched alkanes of at least 4 members (excludes halogenated alkanes) is 3. The summed E-state index contributed by atoms with van der Waals surface area (Å²) in [7, 11) is -2.87. The van der Waals surface area contributed by atoms with Crippen LogP contribution in [0.1, 0.15) is 39.0 Å². The van der Waals surface area contributed by atoms with Crippen LogP contribution in [0.4, 0.5) is 0 Å². The van der Waals surface area contributed by atoms with Crippen LogP contribution in [0.25, 0.3) is 0 Å². The molecule has 0 saturated heterocycles. The van der Waals surface area contributed by atoms with Crippen LogP contribution in [-0.2, 0) is 9.84 Å². The molecule has 0 aromatic heterocycles. The van der Waals surface area contributed by atoms with Gasteiger partial charge in [-0.2, -0.15) is 0 Å². The minimum atomic E-state index is -2.87. The van der Waals surface area contributed by atoms with E-state index in [0.717, 1.165) is 38.6 Å². The average Bonchev–Trinajstić information content (AvgIpc) is 2.15. The van der Waals surface area contributed by atoms with E-state index in [0.29, 0.717) is 0 Å². The Morgan fingerprint density at radius 3 is 2.50 bits per heavy atom. The highest BCUT2D eigenvalue weighted by Gasteiger charge is 2.13. The zero-order chi connectivity index (χ0) is 12.4. The third kappa shape index (κ3) is 10.2. The van der Waals surface area contributed by atoms with Crippen LogP contribution in [0.5, 0.6) is 0 Å². The van der Waals surface area contributed by atoms with Gasteiger partial charge < -0.3 is 5.32 Å². The Labute approximate surface area is 100 Å². The van der Waals surface area contributed by atoms with E-state index in [1.54, 1.807) is 0 Å². The Morgan fingerprint density at radius 2 is 2.00 bits per heavy atom. The monoisotopic (exact) mass is 247 g/mol. The first kappa shape index (κ1) is 15.7. The summed E-state index contributed by atoms with van der Waals surface area (Å²) in [5, 5.41) is 3.23. The van der Waals surface area contributed by atoms with Gasteiger partial charge in [0.25, 0.3) is 0 Å². The zero-order valence-corrected chi connectivity index (χ0v) is 11.4. The van der Waals surface area contributed by atoms with Gasteiger partial charge in [-0.1, -0.05) is 25.8 Å². The van der Waals surface area contributed by atoms with Crippen molar-refractivity contribution in [3.8, 4) is 0 Å². The van der Waals surface area contributed by atoms with Crippen LogP contribution in [0, 0.1) is 0 Å². The summed E-state index contributed by atoms with van der Waals surface area (Å²) in [4.78, 5) is 0. The van der Waals surface area contributed by atoms with E-state index < -0.39 is 9.84 Å². The predicted octanol–water partition coefficient (Wildman–Crippen LogP) is 2.15. The van der Waals surface area contributed by atoms with Gasteiger partial charge in [-0.25, -0.2) is 8.42 Å². The summed E-state index contributed by atoms with van der Waals surface area (Å²) in [5.41, 5.74) is 0. The molecule has 0 aliphatic rings. The molecular formula is C12H25NO2S. The maximum atomic E-state index is 11.2. The van der Waals surface area contributed by atoms with Gasteiger partial charge in [0.2, 0.25) is 0 Å². The molecule has 16 heavy (non-hydrogen) atoms. The van der Waals surface area contributed by atoms with Gasteiger partial charge in [0.05, 0.1) is 5.75 Å². The van der Waals surface area contributed by atoms with Crippen LogP contribution in [0.15, 0.2) is 12.7 Å². The molecule has 0 aliphatic heterocycles. The number of allylic oxidation sites excluding steroid dienone is 1. The molecule has 0 radical (unpaired) electrons. The third-order valence-corrected chi connectivity index (χ3v) is 3.47. The Morgan fingerprint density at radius 1 is 1.31 bits per heavy atom. The lowest BCUT2D eigenvalue weighted by Gasteiger charge is -2.16. The molecule has 1 unspecified atom stereocenters. The van der Waals surface area contributed by atoms with Crippen LogP contribution >= 0.6 is 0 Å². The lowest BCUT2D eigenvalue weighted by Crippen LogP contribution is -2.35. The molecule has 0 saturated carbocycles. The number of rotatable bonds is 10. The quantitative estimate of drug-likeness (QED) is 0.475. The molecule has 0 spiro atoms. The van der Waals surface area contributed by atoms with Crippen molar-refractivity contribution in [2.75, 3.05) is 18.6 Å². The van der Waals surface area contributed by atoms with Crippen molar-refractivity contribution >= 4 is 9.84 Å². The fourth-order valence-electron chi connectivity index (χ4n) is 1.75. The minimum Gasteiger partial charge on any atom is -0.313 e. The molecule has 96 valence electrons. The van der Waals surface area contributed by atoms with Crippen LogP contribution in [0.3, 0.4) is 0 Å². The van der Waals surface area contributed by atoms with E-state index in [1.807, 2.05) is 13.0 Å². The highest BCUT2D eigenvalue weighted by Crippen LogP contribution is 2.07. The summed E-state index contributed by atoms with van der Waals surface area (Å²) in [6.45, 7) is 6.51. The summed E-state index contributed by atoms with van der Waals surface area (Å²) in [5.74, 6) is 0.252. The van der Waals surface area contributed by atoms with E-state index >= 15 is 0 Å². The van der Waals surface area contributed by atoms with Gasteiger partial charge in [0.15, 0.2) is 0 Å². The number of sulfone groups is 1. The van der Waals surface area contributed by atoms with Gasteiger partial charge in [0, 0.05) is 12.3 Å². The SMILES string of the molecule is C=CCCCCCC(CS(C)(=O)=O)NCC. The van der Waals surface area contributed by atoms with Crippen molar-refractivity contribution in [2.45, 2.75) is 45.1 Å². The molecule has 0 amide bonds. The fraction of sp³-hybridized carbons (Fsp3) is 0.833. The van der Waals surface area contributed by atoms with E-state index in [1.165, 1.54) is 6.26 Å². The van der Waals surface area contributed by atoms with Crippen molar-refractivity contribution in [1.82, 2.24) is 5.32 Å². The smallest absolute Gasteiger partial charge is 0.148 e. The molecule has 0 heterocycles. The molecule has 0 bridgehead atoms. The molecule has 0 aromatic carbocycles. The molecule has 1 atom stereocenters. The molecular weight excluding hydrogens is 222 g/mol. The Balaban J connectivity index is 3.80. The van der Waals surface area contributed by atoms with Crippen molar-refractivity contribution < 1.29 is 8.42 Å². The van der Waals surface area contributed by atoms with Crippen molar-refractivity contribution in [2.24, 2.45) is 0 Å². The maximum Gasteiger partial charge on any atom is 0.148 e. The minimum absolute atomic E-state index is 0.115. The topological polar surface area (TPSA) is 46.2 Å². The maximum absolute atomic E-state index is 11.2. The van der Waals surface area contributed by atoms with Gasteiger partial charge in [-0.05, 0) is 25.8 Å². The second-order valence-corrected chi connectivity index (χ2v) is 6.46. The van der Waals surface area contributed by atoms with Crippen molar-refractivity contribution in [1.29, 1.82) is 0 Å². The van der Waals surface area contributed by atoms with Gasteiger partial charge in [-0.3, -0.25) is 0 Å². The third-order valence-electron chi connectivity index (χ3n) is 2.46. The van der Waals surface area contributed by atoms with Gasteiger partial charge in [-0.15, -0.1) is 6.58 Å². The first-order valence-corrected chi connectivity index (χ1v) is 8.07. The van der Waals surface area contributed by atoms with Gasteiger partial charge >= 0.3 is 0 Å². The highest BCUT2D eigenvalue weighted by atomic mass is 32.2. The molecule has 1 N–H and O–H groups in total. The normalized spacial score (nSPS) is 13.6. The van der Waals surface area contributed by atoms with Crippen LogP contribution in [-0.4, -0.2) is 33.0 Å². The predicted molar refractivity (Wildman–Crippen MR) is 70.5 cm³/mol. The Kier molecular flexibility index (Phi) is 8.57. The van der Waals surface area contributed by atoms with E-state index in [4.69, 9.17) is 0 Å². The summed E-state index contributed by atoms with van der Waals surface area (Å²) in [6, 6.07) is 0.115. The number of nitrogens with one attached hydrogen (secondary N) is 1. The van der Waals surface area contributed by atoms with Gasteiger partial charge in [0.1, 0.15) is 9.84 Å². The van der Waals surface area contributed by atoms with E-state index in [2.05, 4.69) is 11.9 Å². The standard InChI is InChI=1S/C12H25NO2S/c1-4-6-7-8-9-10-12(13-5-2)11-16(3,14)15/h4,12-13H,1,5-11H2,2-3H3. The van der Waals surface area contributed by atoms with Crippen LogP contribution in [0.2, 0.25) is 0 Å². The fourth-order valence-corrected chi connectivity index (χ4v) is 2.77. The zero-order valence-electron chi connectivity index (χ0n) is 10.5.